The highest BCUT2D eigenvalue weighted by Crippen LogP contribution is 2.28. The van der Waals surface area contributed by atoms with Gasteiger partial charge in [-0.1, -0.05) is 0 Å². The van der Waals surface area contributed by atoms with Crippen LogP contribution in [0.25, 0.3) is 10.1 Å². The van der Waals surface area contributed by atoms with E-state index >= 15 is 0 Å². The number of fused-ring (bicyclic) bond motifs is 1. The van der Waals surface area contributed by atoms with Gasteiger partial charge in [-0.3, -0.25) is 4.79 Å². The third-order valence-electron chi connectivity index (χ3n) is 1.77. The average Bonchev–Trinajstić information content (AvgIpc) is 2.48. The molecule has 0 atom stereocenters. The van der Waals surface area contributed by atoms with Crippen molar-refractivity contribution in [2.45, 2.75) is 0 Å². The zero-order valence-corrected chi connectivity index (χ0v) is 9.36. The summed E-state index contributed by atoms with van der Waals surface area (Å²) in [6.45, 7) is 0. The van der Waals surface area contributed by atoms with Gasteiger partial charge in [-0.05, 0) is 34.7 Å². The van der Waals surface area contributed by atoms with E-state index in [0.717, 1.165) is 16.4 Å². The molecule has 13 heavy (non-hydrogen) atoms. The molecule has 0 amide bonds. The molecule has 0 radical (unpaired) electrons. The first-order chi connectivity index (χ1) is 6.22. The van der Waals surface area contributed by atoms with Gasteiger partial charge in [0.05, 0.1) is 0 Å². The SMILES string of the molecule is O=Cc1csc2cc(F)c(I)cc12. The molecule has 0 fully saturated rings. The summed E-state index contributed by atoms with van der Waals surface area (Å²) in [4.78, 5) is 10.6. The van der Waals surface area contributed by atoms with Crippen molar-refractivity contribution in [2.24, 2.45) is 0 Å². The standard InChI is InChI=1S/C9H4FIOS/c10-7-2-9-6(1-8(7)11)5(3-12)4-13-9/h1-4H. The Morgan fingerprint density at radius 1 is 1.46 bits per heavy atom. The maximum Gasteiger partial charge on any atom is 0.151 e. The Morgan fingerprint density at radius 3 is 2.92 bits per heavy atom. The molecular weight excluding hydrogens is 302 g/mol. The smallest absolute Gasteiger partial charge is 0.151 e. The molecule has 2 aromatic rings. The largest absolute Gasteiger partial charge is 0.298 e. The van der Waals surface area contributed by atoms with E-state index in [2.05, 4.69) is 0 Å². The molecule has 0 aliphatic carbocycles. The number of aldehydes is 1. The molecular formula is C9H4FIOS. The molecule has 0 aliphatic heterocycles. The average molecular weight is 306 g/mol. The highest BCUT2D eigenvalue weighted by atomic mass is 127. The second-order valence-electron chi connectivity index (χ2n) is 2.57. The van der Waals surface area contributed by atoms with E-state index in [1.54, 1.807) is 11.4 Å². The fourth-order valence-electron chi connectivity index (χ4n) is 1.13. The van der Waals surface area contributed by atoms with Gasteiger partial charge in [0.1, 0.15) is 5.82 Å². The molecule has 0 unspecified atom stereocenters. The quantitative estimate of drug-likeness (QED) is 0.582. The molecule has 0 N–H and O–H groups in total. The third-order valence-corrected chi connectivity index (χ3v) is 3.56. The van der Waals surface area contributed by atoms with Crippen LogP contribution < -0.4 is 0 Å². The first-order valence-electron chi connectivity index (χ1n) is 3.54. The number of hydrogen-bond donors (Lipinski definition) is 0. The van der Waals surface area contributed by atoms with E-state index in [9.17, 15) is 9.18 Å². The monoisotopic (exact) mass is 306 g/mol. The van der Waals surface area contributed by atoms with Gasteiger partial charge >= 0.3 is 0 Å². The van der Waals surface area contributed by atoms with E-state index in [-0.39, 0.29) is 5.82 Å². The summed E-state index contributed by atoms with van der Waals surface area (Å²) in [6, 6.07) is 3.17. The second kappa shape index (κ2) is 3.34. The van der Waals surface area contributed by atoms with Crippen LogP contribution in [0.5, 0.6) is 0 Å². The van der Waals surface area contributed by atoms with Crippen LogP contribution in [0, 0.1) is 9.39 Å². The van der Waals surface area contributed by atoms with Crippen molar-refractivity contribution in [3.8, 4) is 0 Å². The van der Waals surface area contributed by atoms with Gasteiger partial charge in [0, 0.05) is 24.6 Å². The molecule has 1 aromatic heterocycles. The lowest BCUT2D eigenvalue weighted by Gasteiger charge is -1.94. The van der Waals surface area contributed by atoms with E-state index in [0.29, 0.717) is 9.13 Å². The Hall–Kier alpha value is -0.490. The minimum atomic E-state index is -0.229. The van der Waals surface area contributed by atoms with Crippen LogP contribution in [-0.2, 0) is 0 Å². The van der Waals surface area contributed by atoms with Crippen LogP contribution in [0.3, 0.4) is 0 Å². The van der Waals surface area contributed by atoms with E-state index in [4.69, 9.17) is 0 Å². The summed E-state index contributed by atoms with van der Waals surface area (Å²) in [7, 11) is 0. The molecule has 1 aromatic carbocycles. The Balaban J connectivity index is 2.84. The zero-order chi connectivity index (χ0) is 9.42. The van der Waals surface area contributed by atoms with Gasteiger partial charge in [-0.2, -0.15) is 0 Å². The lowest BCUT2D eigenvalue weighted by Crippen LogP contribution is -1.81. The number of carbonyl (C=O) groups excluding carboxylic acids is 1. The summed E-state index contributed by atoms with van der Waals surface area (Å²) < 4.78 is 14.4. The lowest BCUT2D eigenvalue weighted by molar-refractivity contribution is 0.112. The zero-order valence-electron chi connectivity index (χ0n) is 6.38. The van der Waals surface area contributed by atoms with Gasteiger partial charge in [0.15, 0.2) is 6.29 Å². The van der Waals surface area contributed by atoms with E-state index < -0.39 is 0 Å². The number of benzene rings is 1. The maximum absolute atomic E-state index is 13.1. The molecule has 4 heteroatoms. The third kappa shape index (κ3) is 1.48. The van der Waals surface area contributed by atoms with Gasteiger partial charge in [0.25, 0.3) is 0 Å². The Morgan fingerprint density at radius 2 is 2.23 bits per heavy atom. The number of thiophene rings is 1. The highest BCUT2D eigenvalue weighted by Gasteiger charge is 2.07. The van der Waals surface area contributed by atoms with Crippen molar-refractivity contribution >= 4 is 50.3 Å². The van der Waals surface area contributed by atoms with Gasteiger partial charge in [-0.15, -0.1) is 11.3 Å². The summed E-state index contributed by atoms with van der Waals surface area (Å²) in [5.74, 6) is -0.229. The molecule has 0 spiro atoms. The topological polar surface area (TPSA) is 17.1 Å². The van der Waals surface area contributed by atoms with Crippen molar-refractivity contribution < 1.29 is 9.18 Å². The Bertz CT molecular complexity index is 478. The van der Waals surface area contributed by atoms with Gasteiger partial charge in [-0.25, -0.2) is 4.39 Å². The molecule has 0 bridgehead atoms. The van der Waals surface area contributed by atoms with E-state index in [1.807, 2.05) is 22.6 Å². The van der Waals surface area contributed by atoms with Crippen LogP contribution in [0.1, 0.15) is 10.4 Å². The molecule has 0 aliphatic rings. The van der Waals surface area contributed by atoms with Crippen LogP contribution in [-0.4, -0.2) is 6.29 Å². The minimum absolute atomic E-state index is 0.229. The molecule has 0 saturated carbocycles. The molecule has 1 heterocycles. The maximum atomic E-state index is 13.1. The molecule has 66 valence electrons. The van der Waals surface area contributed by atoms with Crippen LogP contribution in [0.4, 0.5) is 4.39 Å². The lowest BCUT2D eigenvalue weighted by atomic mass is 10.2. The molecule has 1 nitrogen and oxygen atoms in total. The summed E-state index contributed by atoms with van der Waals surface area (Å²) in [5, 5.41) is 2.58. The normalized spacial score (nSPS) is 10.6. The van der Waals surface area contributed by atoms with Crippen molar-refractivity contribution in [2.75, 3.05) is 0 Å². The first kappa shape index (κ1) is 9.08. The summed E-state index contributed by atoms with van der Waals surface area (Å²) in [6.07, 6.45) is 0.798. The predicted octanol–water partition coefficient (Wildman–Crippen LogP) is 3.46. The first-order valence-corrected chi connectivity index (χ1v) is 5.49. The summed E-state index contributed by atoms with van der Waals surface area (Å²) in [5.41, 5.74) is 0.637. The Kier molecular flexibility index (Phi) is 2.33. The molecule has 0 saturated heterocycles. The van der Waals surface area contributed by atoms with Crippen molar-refractivity contribution in [3.63, 3.8) is 0 Å². The predicted molar refractivity (Wildman–Crippen MR) is 59.9 cm³/mol. The highest BCUT2D eigenvalue weighted by molar-refractivity contribution is 14.1. The van der Waals surface area contributed by atoms with Crippen LogP contribution in [0.15, 0.2) is 17.5 Å². The summed E-state index contributed by atoms with van der Waals surface area (Å²) >= 11 is 3.30. The van der Waals surface area contributed by atoms with Gasteiger partial charge in [0.2, 0.25) is 0 Å². The van der Waals surface area contributed by atoms with Crippen molar-refractivity contribution in [3.05, 3.63) is 32.5 Å². The van der Waals surface area contributed by atoms with Crippen LogP contribution >= 0.6 is 33.9 Å². The second-order valence-corrected chi connectivity index (χ2v) is 4.64. The van der Waals surface area contributed by atoms with Crippen LogP contribution in [0.2, 0.25) is 0 Å². The molecule has 2 rings (SSSR count). The fraction of sp³-hybridized carbons (Fsp3) is 0. The number of carbonyl (C=O) groups is 1. The van der Waals surface area contributed by atoms with Gasteiger partial charge < -0.3 is 0 Å². The minimum Gasteiger partial charge on any atom is -0.298 e. The number of halogens is 2. The number of rotatable bonds is 1. The Labute approximate surface area is 91.7 Å². The number of hydrogen-bond acceptors (Lipinski definition) is 2. The van der Waals surface area contributed by atoms with Crippen molar-refractivity contribution in [1.29, 1.82) is 0 Å². The van der Waals surface area contributed by atoms with Crippen molar-refractivity contribution in [1.82, 2.24) is 0 Å². The fourth-order valence-corrected chi connectivity index (χ4v) is 2.51. The van der Waals surface area contributed by atoms with E-state index in [1.165, 1.54) is 17.4 Å².